The zero-order chi connectivity index (χ0) is 13.8. The highest BCUT2D eigenvalue weighted by atomic mass is 79.9. The van der Waals surface area contributed by atoms with Crippen molar-refractivity contribution in [1.29, 1.82) is 0 Å². The van der Waals surface area contributed by atoms with Crippen LogP contribution in [0, 0.1) is 6.92 Å². The van der Waals surface area contributed by atoms with E-state index in [-0.39, 0.29) is 5.91 Å². The predicted molar refractivity (Wildman–Crippen MR) is 83.4 cm³/mol. The smallest absolute Gasteiger partial charge is 0.250 e. The molecular formula is C14H13BrN2OS. The van der Waals surface area contributed by atoms with Crippen molar-refractivity contribution < 1.29 is 4.79 Å². The Balaban J connectivity index is 2.15. The number of hydrogen-bond acceptors (Lipinski definition) is 3. The predicted octanol–water partition coefficient (Wildman–Crippen LogP) is 3.89. The van der Waals surface area contributed by atoms with Crippen molar-refractivity contribution in [3.05, 3.63) is 50.9 Å². The van der Waals surface area contributed by atoms with Gasteiger partial charge < -0.3 is 4.90 Å². The summed E-state index contributed by atoms with van der Waals surface area (Å²) < 4.78 is 1.01. The van der Waals surface area contributed by atoms with Gasteiger partial charge in [0.1, 0.15) is 0 Å². The molecule has 0 unspecified atom stereocenters. The molecule has 19 heavy (non-hydrogen) atoms. The van der Waals surface area contributed by atoms with Crippen molar-refractivity contribution in [2.45, 2.75) is 6.92 Å². The fourth-order valence-corrected chi connectivity index (χ4v) is 2.68. The van der Waals surface area contributed by atoms with E-state index in [0.29, 0.717) is 0 Å². The van der Waals surface area contributed by atoms with Crippen molar-refractivity contribution in [2.24, 2.45) is 0 Å². The molecule has 2 rings (SSSR count). The first-order chi connectivity index (χ1) is 9.08. The molecule has 0 aliphatic carbocycles. The number of hydrogen-bond donors (Lipinski definition) is 0. The summed E-state index contributed by atoms with van der Waals surface area (Å²) in [5, 5.41) is 1.90. The van der Waals surface area contributed by atoms with E-state index >= 15 is 0 Å². The minimum absolute atomic E-state index is 0.0709. The number of carbonyl (C=O) groups is 1. The number of thiazole rings is 1. The number of nitrogens with zero attached hydrogens (tertiary/aromatic N) is 2. The molecule has 0 aliphatic heterocycles. The lowest BCUT2D eigenvalue weighted by molar-refractivity contribution is -0.113. The Kier molecular flexibility index (Phi) is 4.50. The molecule has 1 heterocycles. The summed E-state index contributed by atoms with van der Waals surface area (Å²) in [6, 6.07) is 5.84. The molecule has 0 fully saturated rings. The van der Waals surface area contributed by atoms with Crippen molar-refractivity contribution in [3.63, 3.8) is 0 Å². The number of amides is 1. The molecule has 1 aromatic heterocycles. The lowest BCUT2D eigenvalue weighted by Gasteiger charge is -2.18. The minimum atomic E-state index is -0.0709. The molecule has 3 nitrogen and oxygen atoms in total. The summed E-state index contributed by atoms with van der Waals surface area (Å²) >= 11 is 4.92. The second-order valence-electron chi connectivity index (χ2n) is 4.07. The SMILES string of the molecule is Cc1cc(Br)ccc1N(C)C(=O)/C=C\c1cscn1. The average molecular weight is 337 g/mol. The maximum atomic E-state index is 12.1. The molecule has 0 atom stereocenters. The van der Waals surface area contributed by atoms with E-state index in [2.05, 4.69) is 20.9 Å². The second kappa shape index (κ2) is 6.12. The third-order valence-corrected chi connectivity index (χ3v) is 3.80. The van der Waals surface area contributed by atoms with Crippen LogP contribution >= 0.6 is 27.3 Å². The number of halogens is 1. The van der Waals surface area contributed by atoms with Crippen LogP contribution in [0.4, 0.5) is 5.69 Å². The van der Waals surface area contributed by atoms with E-state index in [9.17, 15) is 4.79 Å². The number of rotatable bonds is 3. The normalized spacial score (nSPS) is 10.9. The highest BCUT2D eigenvalue weighted by Gasteiger charge is 2.10. The first kappa shape index (κ1) is 14.0. The standard InChI is InChI=1S/C14H13BrN2OS/c1-10-7-11(15)3-5-13(10)17(2)14(18)6-4-12-8-19-9-16-12/h3-9H,1-2H3/b6-4-. The second-order valence-corrected chi connectivity index (χ2v) is 5.71. The number of anilines is 1. The molecule has 0 aliphatic rings. The Morgan fingerprint density at radius 3 is 2.89 bits per heavy atom. The van der Waals surface area contributed by atoms with Crippen LogP contribution in [0.5, 0.6) is 0 Å². The van der Waals surface area contributed by atoms with Crippen molar-refractivity contribution in [1.82, 2.24) is 4.98 Å². The van der Waals surface area contributed by atoms with E-state index in [1.165, 1.54) is 17.4 Å². The molecule has 5 heteroatoms. The van der Waals surface area contributed by atoms with E-state index in [1.54, 1.807) is 23.5 Å². The molecule has 0 radical (unpaired) electrons. The monoisotopic (exact) mass is 336 g/mol. The van der Waals surface area contributed by atoms with Crippen LogP contribution in [0.2, 0.25) is 0 Å². The lowest BCUT2D eigenvalue weighted by Crippen LogP contribution is -2.24. The highest BCUT2D eigenvalue weighted by Crippen LogP contribution is 2.23. The summed E-state index contributed by atoms with van der Waals surface area (Å²) in [7, 11) is 1.77. The van der Waals surface area contributed by atoms with Gasteiger partial charge in [-0.2, -0.15) is 0 Å². The third-order valence-electron chi connectivity index (χ3n) is 2.70. The Labute approximate surface area is 124 Å². The maximum Gasteiger partial charge on any atom is 0.250 e. The highest BCUT2D eigenvalue weighted by molar-refractivity contribution is 9.10. The maximum absolute atomic E-state index is 12.1. The summed E-state index contributed by atoms with van der Waals surface area (Å²) in [5.74, 6) is -0.0709. The first-order valence-corrected chi connectivity index (χ1v) is 7.41. The van der Waals surface area contributed by atoms with Crippen molar-refractivity contribution in [2.75, 3.05) is 11.9 Å². The lowest BCUT2D eigenvalue weighted by atomic mass is 10.2. The van der Waals surface area contributed by atoms with Crippen LogP contribution in [0.1, 0.15) is 11.3 Å². The topological polar surface area (TPSA) is 33.2 Å². The summed E-state index contributed by atoms with van der Waals surface area (Å²) in [6.45, 7) is 1.98. The van der Waals surface area contributed by atoms with Crippen LogP contribution in [0.3, 0.4) is 0 Å². The Morgan fingerprint density at radius 2 is 2.26 bits per heavy atom. The molecule has 98 valence electrons. The Hall–Kier alpha value is -1.46. The molecule has 1 amide bonds. The number of carbonyl (C=O) groups excluding carboxylic acids is 1. The molecule has 0 bridgehead atoms. The number of aromatic nitrogens is 1. The van der Waals surface area contributed by atoms with Gasteiger partial charge in [0.25, 0.3) is 5.91 Å². The molecular weight excluding hydrogens is 324 g/mol. The third kappa shape index (κ3) is 3.52. The molecule has 1 aromatic carbocycles. The van der Waals surface area contributed by atoms with Crippen molar-refractivity contribution >= 4 is 44.9 Å². The Morgan fingerprint density at radius 1 is 1.47 bits per heavy atom. The van der Waals surface area contributed by atoms with Crippen LogP contribution in [0.25, 0.3) is 6.08 Å². The van der Waals surface area contributed by atoms with E-state index in [0.717, 1.165) is 21.4 Å². The van der Waals surface area contributed by atoms with Gasteiger partial charge in [-0.15, -0.1) is 11.3 Å². The first-order valence-electron chi connectivity index (χ1n) is 5.68. The number of likely N-dealkylation sites (N-methyl/N-ethyl adjacent to an activating group) is 1. The summed E-state index contributed by atoms with van der Waals surface area (Å²) in [6.07, 6.45) is 3.26. The van der Waals surface area contributed by atoms with Gasteiger partial charge >= 0.3 is 0 Å². The zero-order valence-corrected chi connectivity index (χ0v) is 13.0. The van der Waals surface area contributed by atoms with Gasteiger partial charge in [0, 0.05) is 28.7 Å². The van der Waals surface area contributed by atoms with Gasteiger partial charge in [0.05, 0.1) is 11.2 Å². The quantitative estimate of drug-likeness (QED) is 0.796. The van der Waals surface area contributed by atoms with Gasteiger partial charge in [-0.3, -0.25) is 4.79 Å². The van der Waals surface area contributed by atoms with Gasteiger partial charge in [0.15, 0.2) is 0 Å². The molecule has 0 spiro atoms. The Bertz CT molecular complexity index is 608. The average Bonchev–Trinajstić information content (AvgIpc) is 2.88. The van der Waals surface area contributed by atoms with Crippen LogP contribution in [0.15, 0.2) is 39.6 Å². The largest absolute Gasteiger partial charge is 0.312 e. The van der Waals surface area contributed by atoms with Crippen LogP contribution < -0.4 is 4.90 Å². The van der Waals surface area contributed by atoms with Crippen molar-refractivity contribution in [3.8, 4) is 0 Å². The fourth-order valence-electron chi connectivity index (χ4n) is 1.69. The zero-order valence-electron chi connectivity index (χ0n) is 10.6. The summed E-state index contributed by atoms with van der Waals surface area (Å²) in [5.41, 5.74) is 4.50. The minimum Gasteiger partial charge on any atom is -0.312 e. The fraction of sp³-hybridized carbons (Fsp3) is 0.143. The number of aryl methyl sites for hydroxylation is 1. The van der Waals surface area contributed by atoms with Crippen LogP contribution in [-0.2, 0) is 4.79 Å². The van der Waals surface area contributed by atoms with Gasteiger partial charge in [-0.05, 0) is 36.8 Å². The van der Waals surface area contributed by atoms with E-state index in [4.69, 9.17) is 0 Å². The molecule has 2 aromatic rings. The molecule has 0 saturated heterocycles. The van der Waals surface area contributed by atoms with E-state index in [1.807, 2.05) is 30.5 Å². The van der Waals surface area contributed by atoms with E-state index < -0.39 is 0 Å². The van der Waals surface area contributed by atoms with Gasteiger partial charge in [0.2, 0.25) is 0 Å². The van der Waals surface area contributed by atoms with Gasteiger partial charge in [-0.25, -0.2) is 4.98 Å². The number of benzene rings is 1. The molecule has 0 saturated carbocycles. The van der Waals surface area contributed by atoms with Crippen LogP contribution in [-0.4, -0.2) is 17.9 Å². The van der Waals surface area contributed by atoms with Gasteiger partial charge in [-0.1, -0.05) is 15.9 Å². The molecule has 0 N–H and O–H groups in total. The summed E-state index contributed by atoms with van der Waals surface area (Å²) in [4.78, 5) is 17.8.